The predicted octanol–water partition coefficient (Wildman–Crippen LogP) is 1.95. The van der Waals surface area contributed by atoms with Crippen molar-refractivity contribution in [2.75, 3.05) is 12.3 Å². The topological polar surface area (TPSA) is 85.2 Å². The smallest absolute Gasteiger partial charge is 0.255 e. The van der Waals surface area contributed by atoms with E-state index in [2.05, 4.69) is 4.98 Å². The molecule has 4 rings (SSSR count). The molecule has 114 valence electrons. The third kappa shape index (κ3) is 2.10. The first-order chi connectivity index (χ1) is 10.7. The molecule has 2 fully saturated rings. The van der Waals surface area contributed by atoms with Crippen LogP contribution in [0.4, 0.5) is 5.13 Å². The molecular formula is C16H18N4OS. The zero-order valence-corrected chi connectivity index (χ0v) is 12.9. The van der Waals surface area contributed by atoms with Crippen molar-refractivity contribution < 1.29 is 4.79 Å². The van der Waals surface area contributed by atoms with Crippen molar-refractivity contribution in [3.63, 3.8) is 0 Å². The number of rotatable bonds is 3. The summed E-state index contributed by atoms with van der Waals surface area (Å²) >= 11 is 1.39. The second-order valence-corrected chi connectivity index (χ2v) is 6.91. The standard InChI is InChI=1S/C16H18N4OS/c17-7-10-5-9-6-14(9)20(10)15(21)12-4-2-1-3-11(12)13-8-22-16(18)19-13/h1-4,8-10,14H,5-7,17H2,(H2,18,19)/t9-,10+,14+/m1/s1. The summed E-state index contributed by atoms with van der Waals surface area (Å²) in [6.07, 6.45) is 2.16. The van der Waals surface area contributed by atoms with Crippen LogP contribution in [-0.4, -0.2) is 34.4 Å². The first-order valence-electron chi connectivity index (χ1n) is 7.52. The molecule has 1 aromatic carbocycles. The molecule has 2 aromatic rings. The van der Waals surface area contributed by atoms with Crippen molar-refractivity contribution in [2.24, 2.45) is 11.7 Å². The SMILES string of the molecule is NC[C@@H]1C[C@@H]2C[C@@H]2N1C(=O)c1ccccc1-c1csc(N)n1. The molecule has 1 aliphatic carbocycles. The highest BCUT2D eigenvalue weighted by Gasteiger charge is 2.53. The number of nitrogen functional groups attached to an aromatic ring is 1. The fourth-order valence-corrected chi connectivity index (χ4v) is 4.09. The van der Waals surface area contributed by atoms with Crippen molar-refractivity contribution in [2.45, 2.75) is 24.9 Å². The Kier molecular flexibility index (Phi) is 3.16. The van der Waals surface area contributed by atoms with Crippen LogP contribution >= 0.6 is 11.3 Å². The van der Waals surface area contributed by atoms with E-state index >= 15 is 0 Å². The first kappa shape index (κ1) is 13.7. The van der Waals surface area contributed by atoms with Crippen LogP contribution in [-0.2, 0) is 0 Å². The molecular weight excluding hydrogens is 296 g/mol. The maximum atomic E-state index is 13.1. The Labute approximate surface area is 132 Å². The molecule has 0 spiro atoms. The number of aromatic nitrogens is 1. The van der Waals surface area contributed by atoms with Crippen molar-refractivity contribution in [1.82, 2.24) is 9.88 Å². The van der Waals surface area contributed by atoms with Crippen LogP contribution in [0.25, 0.3) is 11.3 Å². The van der Waals surface area contributed by atoms with E-state index < -0.39 is 0 Å². The quantitative estimate of drug-likeness (QED) is 0.907. The molecule has 0 bridgehead atoms. The number of nitrogens with two attached hydrogens (primary N) is 2. The molecule has 1 saturated carbocycles. The number of hydrogen-bond donors (Lipinski definition) is 2. The van der Waals surface area contributed by atoms with Gasteiger partial charge in [-0.1, -0.05) is 18.2 Å². The Balaban J connectivity index is 1.72. The number of thiazole rings is 1. The zero-order chi connectivity index (χ0) is 15.3. The number of fused-ring (bicyclic) bond motifs is 1. The average molecular weight is 314 g/mol. The predicted molar refractivity (Wildman–Crippen MR) is 87.5 cm³/mol. The van der Waals surface area contributed by atoms with Crippen LogP contribution in [0, 0.1) is 5.92 Å². The number of anilines is 1. The largest absolute Gasteiger partial charge is 0.375 e. The first-order valence-corrected chi connectivity index (χ1v) is 8.40. The van der Waals surface area contributed by atoms with Crippen LogP contribution in [0.1, 0.15) is 23.2 Å². The van der Waals surface area contributed by atoms with Gasteiger partial charge in [-0.15, -0.1) is 11.3 Å². The highest BCUT2D eigenvalue weighted by atomic mass is 32.1. The lowest BCUT2D eigenvalue weighted by atomic mass is 10.0. The van der Waals surface area contributed by atoms with Crippen LogP contribution < -0.4 is 11.5 Å². The van der Waals surface area contributed by atoms with E-state index in [1.807, 2.05) is 34.5 Å². The molecule has 2 heterocycles. The summed E-state index contributed by atoms with van der Waals surface area (Å²) in [6.45, 7) is 0.532. The van der Waals surface area contributed by atoms with Gasteiger partial charge in [0.25, 0.3) is 5.91 Å². The zero-order valence-electron chi connectivity index (χ0n) is 12.1. The van der Waals surface area contributed by atoms with Crippen LogP contribution in [0.15, 0.2) is 29.6 Å². The summed E-state index contributed by atoms with van der Waals surface area (Å²) in [5.41, 5.74) is 13.9. The molecule has 1 aromatic heterocycles. The van der Waals surface area contributed by atoms with Gasteiger partial charge in [-0.3, -0.25) is 4.79 Å². The molecule has 5 nitrogen and oxygen atoms in total. The Morgan fingerprint density at radius 3 is 2.91 bits per heavy atom. The number of benzene rings is 1. The van der Waals surface area contributed by atoms with Crippen molar-refractivity contribution in [1.29, 1.82) is 0 Å². The van der Waals surface area contributed by atoms with Gasteiger partial charge >= 0.3 is 0 Å². The summed E-state index contributed by atoms with van der Waals surface area (Å²) in [5, 5.41) is 2.41. The lowest BCUT2D eigenvalue weighted by Gasteiger charge is -2.27. The summed E-state index contributed by atoms with van der Waals surface area (Å²) in [4.78, 5) is 19.4. The van der Waals surface area contributed by atoms with Gasteiger partial charge < -0.3 is 16.4 Å². The molecule has 4 N–H and O–H groups in total. The molecule has 1 saturated heterocycles. The van der Waals surface area contributed by atoms with Gasteiger partial charge in [0.05, 0.1) is 5.69 Å². The Bertz CT molecular complexity index is 728. The molecule has 0 unspecified atom stereocenters. The van der Waals surface area contributed by atoms with E-state index in [1.165, 1.54) is 11.3 Å². The third-order valence-corrected chi connectivity index (χ3v) is 5.35. The molecule has 6 heteroatoms. The third-order valence-electron chi connectivity index (χ3n) is 4.67. The lowest BCUT2D eigenvalue weighted by Crippen LogP contribution is -2.42. The van der Waals surface area contributed by atoms with Gasteiger partial charge in [0, 0.05) is 35.1 Å². The highest BCUT2D eigenvalue weighted by Crippen LogP contribution is 2.48. The molecule has 1 amide bonds. The summed E-state index contributed by atoms with van der Waals surface area (Å²) in [5.74, 6) is 0.724. The van der Waals surface area contributed by atoms with E-state index in [1.54, 1.807) is 0 Å². The maximum Gasteiger partial charge on any atom is 0.255 e. The summed E-state index contributed by atoms with van der Waals surface area (Å²) < 4.78 is 0. The highest BCUT2D eigenvalue weighted by molar-refractivity contribution is 7.13. The number of amides is 1. The van der Waals surface area contributed by atoms with Gasteiger partial charge in [-0.05, 0) is 24.8 Å². The number of carbonyl (C=O) groups excluding carboxylic acids is 1. The van der Waals surface area contributed by atoms with Gasteiger partial charge in [-0.25, -0.2) is 4.98 Å². The molecule has 2 aliphatic rings. The minimum Gasteiger partial charge on any atom is -0.375 e. The van der Waals surface area contributed by atoms with Crippen molar-refractivity contribution in [3.05, 3.63) is 35.2 Å². The van der Waals surface area contributed by atoms with Crippen molar-refractivity contribution >= 4 is 22.4 Å². The molecule has 0 radical (unpaired) electrons. The van der Waals surface area contributed by atoms with Gasteiger partial charge in [0.15, 0.2) is 5.13 Å². The second-order valence-electron chi connectivity index (χ2n) is 6.02. The number of piperidine rings is 1. The Hall–Kier alpha value is -1.92. The fourth-order valence-electron chi connectivity index (χ4n) is 3.53. The Morgan fingerprint density at radius 1 is 1.36 bits per heavy atom. The van der Waals surface area contributed by atoms with E-state index in [4.69, 9.17) is 11.5 Å². The summed E-state index contributed by atoms with van der Waals surface area (Å²) in [6, 6.07) is 8.17. The molecule has 22 heavy (non-hydrogen) atoms. The van der Waals surface area contributed by atoms with Crippen LogP contribution in [0.2, 0.25) is 0 Å². The lowest BCUT2D eigenvalue weighted by molar-refractivity contribution is 0.0706. The van der Waals surface area contributed by atoms with Crippen LogP contribution in [0.3, 0.4) is 0 Å². The molecule has 1 aliphatic heterocycles. The number of likely N-dealkylation sites (tertiary alicyclic amines) is 1. The number of carbonyl (C=O) groups is 1. The van der Waals surface area contributed by atoms with Crippen LogP contribution in [0.5, 0.6) is 0 Å². The summed E-state index contributed by atoms with van der Waals surface area (Å²) in [7, 11) is 0. The van der Waals surface area contributed by atoms with Gasteiger partial charge in [0.2, 0.25) is 0 Å². The second kappa shape index (κ2) is 5.07. The fraction of sp³-hybridized carbons (Fsp3) is 0.375. The van der Waals surface area contributed by atoms with E-state index in [0.717, 1.165) is 24.1 Å². The minimum absolute atomic E-state index is 0.0719. The minimum atomic E-state index is 0.0719. The Morgan fingerprint density at radius 2 is 2.18 bits per heavy atom. The van der Waals surface area contributed by atoms with E-state index in [-0.39, 0.29) is 11.9 Å². The average Bonchev–Trinajstić information content (AvgIpc) is 3.00. The van der Waals surface area contributed by atoms with E-state index in [9.17, 15) is 4.79 Å². The number of nitrogens with zero attached hydrogens (tertiary/aromatic N) is 2. The van der Waals surface area contributed by atoms with Gasteiger partial charge in [0.1, 0.15) is 0 Å². The molecule has 3 atom stereocenters. The van der Waals surface area contributed by atoms with Gasteiger partial charge in [-0.2, -0.15) is 0 Å². The maximum absolute atomic E-state index is 13.1. The monoisotopic (exact) mass is 314 g/mol. The normalized spacial score (nSPS) is 26.0. The van der Waals surface area contributed by atoms with E-state index in [0.29, 0.717) is 29.2 Å². The number of hydrogen-bond acceptors (Lipinski definition) is 5. The van der Waals surface area contributed by atoms with Crippen molar-refractivity contribution in [3.8, 4) is 11.3 Å².